The Morgan fingerprint density at radius 2 is 0.706 bits per heavy atom. The molecular weight excluding hydrogens is 424 g/mol. The van der Waals surface area contributed by atoms with Gasteiger partial charge in [0.2, 0.25) is 0 Å². The highest BCUT2D eigenvalue weighted by Crippen LogP contribution is 2.13. The van der Waals surface area contributed by atoms with Crippen molar-refractivity contribution in [2.24, 2.45) is 0 Å². The van der Waals surface area contributed by atoms with Crippen LogP contribution in [-0.2, 0) is 18.9 Å². The molecule has 0 radical (unpaired) electrons. The summed E-state index contributed by atoms with van der Waals surface area (Å²) in [7, 11) is 0. The van der Waals surface area contributed by atoms with E-state index in [4.69, 9.17) is 18.9 Å². The van der Waals surface area contributed by atoms with Crippen LogP contribution in [0.3, 0.4) is 0 Å². The molecule has 0 bridgehead atoms. The average molecular weight is 485 g/mol. The summed E-state index contributed by atoms with van der Waals surface area (Å²) < 4.78 is 22.3. The molecule has 0 aromatic rings. The summed E-state index contributed by atoms with van der Waals surface area (Å²) in [4.78, 5) is 0. The summed E-state index contributed by atoms with van der Waals surface area (Å²) in [5.74, 6) is 0. The van der Waals surface area contributed by atoms with Gasteiger partial charge in [0.25, 0.3) is 0 Å². The Morgan fingerprint density at radius 1 is 0.382 bits per heavy atom. The number of ether oxygens (including phenoxy) is 4. The second-order valence-corrected chi connectivity index (χ2v) is 9.97. The van der Waals surface area contributed by atoms with E-state index >= 15 is 0 Å². The van der Waals surface area contributed by atoms with Crippen molar-refractivity contribution in [1.82, 2.24) is 0 Å². The molecule has 0 unspecified atom stereocenters. The lowest BCUT2D eigenvalue weighted by Gasteiger charge is -2.08. The molecule has 204 valence electrons. The zero-order valence-corrected chi connectivity index (χ0v) is 23.6. The molecule has 34 heavy (non-hydrogen) atoms. The summed E-state index contributed by atoms with van der Waals surface area (Å²) in [6.07, 6.45) is 22.4. The molecule has 4 nitrogen and oxygen atoms in total. The number of hydrogen-bond acceptors (Lipinski definition) is 4. The van der Waals surface area contributed by atoms with Gasteiger partial charge >= 0.3 is 0 Å². The fourth-order valence-corrected chi connectivity index (χ4v) is 3.78. The molecule has 0 saturated heterocycles. The minimum atomic E-state index is 0.615. The van der Waals surface area contributed by atoms with E-state index in [1.807, 2.05) is 0 Å². The first-order chi connectivity index (χ1) is 16.7. The van der Waals surface area contributed by atoms with E-state index in [1.54, 1.807) is 0 Å². The lowest BCUT2D eigenvalue weighted by Crippen LogP contribution is -2.12. The minimum Gasteiger partial charge on any atom is -0.379 e. The highest BCUT2D eigenvalue weighted by Gasteiger charge is 1.97. The molecule has 0 aliphatic heterocycles. The van der Waals surface area contributed by atoms with Crippen molar-refractivity contribution in [1.29, 1.82) is 0 Å². The Labute approximate surface area is 213 Å². The molecule has 0 aliphatic rings. The highest BCUT2D eigenvalue weighted by atomic mass is 16.6. The summed E-state index contributed by atoms with van der Waals surface area (Å²) in [6, 6.07) is 0. The lowest BCUT2D eigenvalue weighted by atomic mass is 10.0. The van der Waals surface area contributed by atoms with Crippen LogP contribution >= 0.6 is 0 Å². The molecule has 0 N–H and O–H groups in total. The monoisotopic (exact) mass is 484 g/mol. The van der Waals surface area contributed by atoms with E-state index in [0.29, 0.717) is 46.2 Å². The van der Waals surface area contributed by atoms with Crippen LogP contribution in [0.15, 0.2) is 11.1 Å². The molecule has 0 atom stereocenters. The third-order valence-corrected chi connectivity index (χ3v) is 6.43. The number of hydrogen-bond donors (Lipinski definition) is 0. The summed E-state index contributed by atoms with van der Waals surface area (Å²) in [6.45, 7) is 14.0. The number of allylic oxidation sites excluding steroid dienone is 1. The van der Waals surface area contributed by atoms with E-state index in [-0.39, 0.29) is 0 Å². The van der Waals surface area contributed by atoms with Crippen LogP contribution < -0.4 is 0 Å². The second kappa shape index (κ2) is 28.8. The van der Waals surface area contributed by atoms with E-state index in [1.165, 1.54) is 114 Å². The maximum atomic E-state index is 5.66. The Balaban J connectivity index is 3.06. The molecule has 0 heterocycles. The summed E-state index contributed by atoms with van der Waals surface area (Å²) in [5, 5.41) is 0. The Morgan fingerprint density at radius 3 is 1.09 bits per heavy atom. The van der Waals surface area contributed by atoms with Gasteiger partial charge < -0.3 is 18.9 Å². The molecular formula is C30H60O4. The largest absolute Gasteiger partial charge is 0.379 e. The Hall–Kier alpha value is -0.420. The molecule has 0 rings (SSSR count). The van der Waals surface area contributed by atoms with Gasteiger partial charge in [0.05, 0.1) is 46.2 Å². The maximum Gasteiger partial charge on any atom is 0.0704 e. The third kappa shape index (κ3) is 27.8. The normalized spacial score (nSPS) is 11.3. The number of rotatable bonds is 28. The summed E-state index contributed by atoms with van der Waals surface area (Å²) in [5.41, 5.74) is 2.62. The zero-order valence-electron chi connectivity index (χ0n) is 23.6. The Kier molecular flexibility index (Phi) is 28.5. The summed E-state index contributed by atoms with van der Waals surface area (Å²) >= 11 is 0. The fraction of sp³-hybridized carbons (Fsp3) is 0.933. The highest BCUT2D eigenvalue weighted by molar-refractivity contribution is 5.06. The molecule has 0 aromatic carbocycles. The molecule has 0 aliphatic carbocycles. The van der Waals surface area contributed by atoms with Crippen molar-refractivity contribution < 1.29 is 18.9 Å². The smallest absolute Gasteiger partial charge is 0.0704 e. The predicted molar refractivity (Wildman–Crippen MR) is 147 cm³/mol. The van der Waals surface area contributed by atoms with Crippen LogP contribution in [0.25, 0.3) is 0 Å². The van der Waals surface area contributed by atoms with Crippen LogP contribution in [0.4, 0.5) is 0 Å². The van der Waals surface area contributed by atoms with Gasteiger partial charge in [0.1, 0.15) is 0 Å². The van der Waals surface area contributed by atoms with Crippen molar-refractivity contribution in [3.8, 4) is 0 Å². The first kappa shape index (κ1) is 33.6. The van der Waals surface area contributed by atoms with E-state index < -0.39 is 0 Å². The first-order valence-electron chi connectivity index (χ1n) is 14.6. The van der Waals surface area contributed by atoms with Crippen LogP contribution in [0, 0.1) is 0 Å². The molecule has 0 spiro atoms. The van der Waals surface area contributed by atoms with Gasteiger partial charge in [-0.05, 0) is 32.8 Å². The van der Waals surface area contributed by atoms with Gasteiger partial charge in [-0.2, -0.15) is 0 Å². The van der Waals surface area contributed by atoms with Crippen molar-refractivity contribution >= 4 is 0 Å². The van der Waals surface area contributed by atoms with Gasteiger partial charge in [-0.3, -0.25) is 0 Å². The first-order valence-corrected chi connectivity index (χ1v) is 14.6. The standard InChI is InChI=1S/C30H60O4/c1-5-6-7-8-9-10-11-12-13-14-15-16-17-18-19-20-21-31-22-23-32-24-25-33-26-27-34-28-30(4)29(2)3/h5-28H2,1-4H3. The second-order valence-electron chi connectivity index (χ2n) is 9.97. The quantitative estimate of drug-likeness (QED) is 0.0822. The molecule has 0 amide bonds. The van der Waals surface area contributed by atoms with Crippen molar-refractivity contribution in [3.05, 3.63) is 11.1 Å². The predicted octanol–water partition coefficient (Wildman–Crippen LogP) is 8.67. The van der Waals surface area contributed by atoms with Gasteiger partial charge in [0, 0.05) is 6.61 Å². The Bertz CT molecular complexity index is 418. The van der Waals surface area contributed by atoms with Gasteiger partial charge in [-0.15, -0.1) is 0 Å². The minimum absolute atomic E-state index is 0.615. The van der Waals surface area contributed by atoms with Crippen molar-refractivity contribution in [2.45, 2.75) is 130 Å². The third-order valence-electron chi connectivity index (χ3n) is 6.43. The van der Waals surface area contributed by atoms with E-state index in [9.17, 15) is 0 Å². The average Bonchev–Trinajstić information content (AvgIpc) is 2.83. The molecule has 0 saturated carbocycles. The van der Waals surface area contributed by atoms with E-state index in [0.717, 1.165) is 6.61 Å². The van der Waals surface area contributed by atoms with Gasteiger partial charge in [-0.1, -0.05) is 109 Å². The zero-order chi connectivity index (χ0) is 25.0. The maximum absolute atomic E-state index is 5.66. The molecule has 4 heteroatoms. The molecule has 0 fully saturated rings. The SMILES string of the molecule is CCCCCCCCCCCCCCCCCCOCCOCCOCCOCC(C)=C(C)C. The van der Waals surface area contributed by atoms with Gasteiger partial charge in [0.15, 0.2) is 0 Å². The van der Waals surface area contributed by atoms with Crippen molar-refractivity contribution in [3.63, 3.8) is 0 Å². The topological polar surface area (TPSA) is 36.9 Å². The lowest BCUT2D eigenvalue weighted by molar-refractivity contribution is -0.0000297. The van der Waals surface area contributed by atoms with E-state index in [2.05, 4.69) is 27.7 Å². The van der Waals surface area contributed by atoms with Crippen molar-refractivity contribution in [2.75, 3.05) is 52.9 Å². The van der Waals surface area contributed by atoms with Crippen LogP contribution in [0.1, 0.15) is 130 Å². The van der Waals surface area contributed by atoms with Crippen LogP contribution in [0.5, 0.6) is 0 Å². The number of unbranched alkanes of at least 4 members (excludes halogenated alkanes) is 15. The van der Waals surface area contributed by atoms with Crippen LogP contribution in [-0.4, -0.2) is 52.9 Å². The van der Waals surface area contributed by atoms with Gasteiger partial charge in [-0.25, -0.2) is 0 Å². The fourth-order valence-electron chi connectivity index (χ4n) is 3.78. The van der Waals surface area contributed by atoms with Crippen LogP contribution in [0.2, 0.25) is 0 Å². The molecule has 0 aromatic heterocycles.